The summed E-state index contributed by atoms with van der Waals surface area (Å²) < 4.78 is 0. The number of amides is 1. The van der Waals surface area contributed by atoms with E-state index in [0.717, 1.165) is 32.4 Å². The lowest BCUT2D eigenvalue weighted by Gasteiger charge is -2.20. The molecule has 3 nitrogen and oxygen atoms in total. The summed E-state index contributed by atoms with van der Waals surface area (Å²) in [5.41, 5.74) is 5.85. The van der Waals surface area contributed by atoms with Gasteiger partial charge in [-0.05, 0) is 31.1 Å². The molecule has 2 N–H and O–H groups in total. The quantitative estimate of drug-likeness (QED) is 0.765. The van der Waals surface area contributed by atoms with Gasteiger partial charge in [-0.2, -0.15) is 0 Å². The highest BCUT2D eigenvalue weighted by molar-refractivity contribution is 5.85. The van der Waals surface area contributed by atoms with Crippen molar-refractivity contribution in [3.8, 4) is 0 Å². The first-order valence-corrected chi connectivity index (χ1v) is 6.12. The normalized spacial score (nSPS) is 38.6. The molecule has 0 spiro atoms. The number of halogens is 1. The number of nitrogens with zero attached hydrogens (tertiary/aromatic N) is 1. The summed E-state index contributed by atoms with van der Waals surface area (Å²) >= 11 is 0. The maximum atomic E-state index is 12.2. The third-order valence-electron chi connectivity index (χ3n) is 4.12. The van der Waals surface area contributed by atoms with E-state index in [2.05, 4.69) is 18.7 Å². The van der Waals surface area contributed by atoms with Gasteiger partial charge in [-0.1, -0.05) is 13.8 Å². The zero-order valence-corrected chi connectivity index (χ0v) is 11.0. The lowest BCUT2D eigenvalue weighted by molar-refractivity contribution is -0.134. The maximum Gasteiger partial charge on any atom is 0.225 e. The Labute approximate surface area is 104 Å². The summed E-state index contributed by atoms with van der Waals surface area (Å²) in [6.45, 7) is 6.37. The SMILES string of the molecule is CC1CN(C(=O)C2CCC(N)C2)CC1C.Cl. The fraction of sp³-hybridized carbons (Fsp3) is 0.917. The highest BCUT2D eigenvalue weighted by atomic mass is 35.5. The largest absolute Gasteiger partial charge is 0.342 e. The summed E-state index contributed by atoms with van der Waals surface area (Å²) in [5.74, 6) is 1.89. The zero-order valence-electron chi connectivity index (χ0n) is 10.2. The van der Waals surface area contributed by atoms with Gasteiger partial charge in [-0.3, -0.25) is 4.79 Å². The van der Waals surface area contributed by atoms with Crippen LogP contribution in [0.4, 0.5) is 0 Å². The van der Waals surface area contributed by atoms with E-state index in [1.165, 1.54) is 0 Å². The molecule has 2 rings (SSSR count). The Morgan fingerprint density at radius 1 is 1.19 bits per heavy atom. The molecule has 2 aliphatic rings. The maximum absolute atomic E-state index is 12.2. The molecule has 94 valence electrons. The van der Waals surface area contributed by atoms with E-state index in [9.17, 15) is 4.79 Å². The fourth-order valence-electron chi connectivity index (χ4n) is 2.81. The van der Waals surface area contributed by atoms with Crippen molar-refractivity contribution in [2.75, 3.05) is 13.1 Å². The molecule has 0 radical (unpaired) electrons. The lowest BCUT2D eigenvalue weighted by atomic mass is 10.0. The third-order valence-corrected chi connectivity index (χ3v) is 4.12. The van der Waals surface area contributed by atoms with Gasteiger partial charge in [0.15, 0.2) is 0 Å². The molecule has 0 bridgehead atoms. The van der Waals surface area contributed by atoms with Gasteiger partial charge in [-0.15, -0.1) is 12.4 Å². The second-order valence-corrected chi connectivity index (χ2v) is 5.47. The van der Waals surface area contributed by atoms with Crippen LogP contribution in [0.2, 0.25) is 0 Å². The number of rotatable bonds is 1. The van der Waals surface area contributed by atoms with Gasteiger partial charge in [0.25, 0.3) is 0 Å². The van der Waals surface area contributed by atoms with Crippen LogP contribution in [0, 0.1) is 17.8 Å². The molecule has 1 saturated heterocycles. The van der Waals surface area contributed by atoms with Crippen molar-refractivity contribution >= 4 is 18.3 Å². The van der Waals surface area contributed by atoms with Crippen molar-refractivity contribution in [2.24, 2.45) is 23.5 Å². The van der Waals surface area contributed by atoms with Crippen LogP contribution in [0.15, 0.2) is 0 Å². The highest BCUT2D eigenvalue weighted by Crippen LogP contribution is 2.29. The third kappa shape index (κ3) is 2.69. The first-order chi connectivity index (χ1) is 7.08. The molecule has 1 amide bonds. The van der Waals surface area contributed by atoms with Crippen LogP contribution in [-0.4, -0.2) is 29.9 Å². The number of nitrogens with two attached hydrogens (primary N) is 1. The van der Waals surface area contributed by atoms with Gasteiger partial charge in [0.2, 0.25) is 5.91 Å². The summed E-state index contributed by atoms with van der Waals surface area (Å²) in [6.07, 6.45) is 2.92. The Balaban J connectivity index is 0.00000128. The molecule has 1 heterocycles. The number of hydrogen-bond acceptors (Lipinski definition) is 2. The topological polar surface area (TPSA) is 46.3 Å². The Morgan fingerprint density at radius 2 is 1.75 bits per heavy atom. The van der Waals surface area contributed by atoms with Gasteiger partial charge in [0, 0.05) is 25.0 Å². The van der Waals surface area contributed by atoms with Crippen molar-refractivity contribution in [1.29, 1.82) is 0 Å². The molecular weight excluding hydrogens is 224 g/mol. The summed E-state index contributed by atoms with van der Waals surface area (Å²) in [4.78, 5) is 14.2. The second kappa shape index (κ2) is 5.37. The van der Waals surface area contributed by atoms with E-state index in [0.29, 0.717) is 17.7 Å². The monoisotopic (exact) mass is 246 g/mol. The second-order valence-electron chi connectivity index (χ2n) is 5.47. The van der Waals surface area contributed by atoms with Crippen molar-refractivity contribution in [1.82, 2.24) is 4.90 Å². The van der Waals surface area contributed by atoms with Crippen molar-refractivity contribution in [2.45, 2.75) is 39.2 Å². The van der Waals surface area contributed by atoms with Crippen LogP contribution in [0.1, 0.15) is 33.1 Å². The Kier molecular flexibility index (Phi) is 4.62. The van der Waals surface area contributed by atoms with Crippen LogP contribution < -0.4 is 5.73 Å². The molecule has 16 heavy (non-hydrogen) atoms. The van der Waals surface area contributed by atoms with Crippen LogP contribution in [0.5, 0.6) is 0 Å². The molecule has 2 fully saturated rings. The predicted molar refractivity (Wildman–Crippen MR) is 67.5 cm³/mol. The molecule has 4 atom stereocenters. The minimum Gasteiger partial charge on any atom is -0.342 e. The van der Waals surface area contributed by atoms with E-state index in [4.69, 9.17) is 5.73 Å². The van der Waals surface area contributed by atoms with E-state index in [1.54, 1.807) is 0 Å². The van der Waals surface area contributed by atoms with Gasteiger partial charge >= 0.3 is 0 Å². The number of hydrogen-bond donors (Lipinski definition) is 1. The minimum absolute atomic E-state index is 0. The van der Waals surface area contributed by atoms with Crippen LogP contribution >= 0.6 is 12.4 Å². The van der Waals surface area contributed by atoms with Gasteiger partial charge in [-0.25, -0.2) is 0 Å². The Hall–Kier alpha value is -0.280. The standard InChI is InChI=1S/C12H22N2O.ClH/c1-8-6-14(7-9(8)2)12(15)10-3-4-11(13)5-10;/h8-11H,3-7,13H2,1-2H3;1H. The van der Waals surface area contributed by atoms with E-state index >= 15 is 0 Å². The fourth-order valence-corrected chi connectivity index (χ4v) is 2.81. The van der Waals surface area contributed by atoms with Gasteiger partial charge in [0.1, 0.15) is 0 Å². The summed E-state index contributed by atoms with van der Waals surface area (Å²) in [6, 6.07) is 0.261. The molecule has 4 unspecified atom stereocenters. The minimum atomic E-state index is 0. The molecule has 1 saturated carbocycles. The van der Waals surface area contributed by atoms with Crippen molar-refractivity contribution in [3.63, 3.8) is 0 Å². The van der Waals surface area contributed by atoms with E-state index < -0.39 is 0 Å². The Morgan fingerprint density at radius 3 is 2.19 bits per heavy atom. The van der Waals surface area contributed by atoms with Crippen molar-refractivity contribution < 1.29 is 4.79 Å². The lowest BCUT2D eigenvalue weighted by Crippen LogP contribution is -2.34. The molecule has 0 aromatic rings. The highest BCUT2D eigenvalue weighted by Gasteiger charge is 2.35. The van der Waals surface area contributed by atoms with Crippen LogP contribution in [0.3, 0.4) is 0 Å². The molecule has 1 aliphatic heterocycles. The van der Waals surface area contributed by atoms with Crippen molar-refractivity contribution in [3.05, 3.63) is 0 Å². The smallest absolute Gasteiger partial charge is 0.225 e. The van der Waals surface area contributed by atoms with E-state index in [1.807, 2.05) is 0 Å². The number of carbonyl (C=O) groups is 1. The first-order valence-electron chi connectivity index (χ1n) is 6.12. The predicted octanol–water partition coefficient (Wildman–Crippen LogP) is 1.65. The molecule has 4 heteroatoms. The number of likely N-dealkylation sites (tertiary alicyclic amines) is 1. The molecule has 0 aromatic carbocycles. The molecule has 1 aliphatic carbocycles. The summed E-state index contributed by atoms with van der Waals surface area (Å²) in [7, 11) is 0. The molecule has 0 aromatic heterocycles. The Bertz CT molecular complexity index is 249. The van der Waals surface area contributed by atoms with E-state index in [-0.39, 0.29) is 24.4 Å². The average molecular weight is 247 g/mol. The summed E-state index contributed by atoms with van der Waals surface area (Å²) in [5, 5.41) is 0. The van der Waals surface area contributed by atoms with Crippen LogP contribution in [-0.2, 0) is 4.79 Å². The average Bonchev–Trinajstić information content (AvgIpc) is 2.74. The first kappa shape index (κ1) is 13.8. The number of carbonyl (C=O) groups excluding carboxylic acids is 1. The zero-order chi connectivity index (χ0) is 11.0. The van der Waals surface area contributed by atoms with Gasteiger partial charge in [0.05, 0.1) is 0 Å². The van der Waals surface area contributed by atoms with Gasteiger partial charge < -0.3 is 10.6 Å². The van der Waals surface area contributed by atoms with Crippen LogP contribution in [0.25, 0.3) is 0 Å². The molecular formula is C12H23ClN2O.